The van der Waals surface area contributed by atoms with E-state index in [4.69, 9.17) is 11.6 Å². The van der Waals surface area contributed by atoms with Gasteiger partial charge in [-0.25, -0.2) is 0 Å². The van der Waals surface area contributed by atoms with Gasteiger partial charge in [0.05, 0.1) is 33.5 Å². The van der Waals surface area contributed by atoms with Crippen LogP contribution in [0.5, 0.6) is 0 Å². The monoisotopic (exact) mass is 493 g/mol. The van der Waals surface area contributed by atoms with Gasteiger partial charge in [0.1, 0.15) is 0 Å². The van der Waals surface area contributed by atoms with Crippen molar-refractivity contribution in [3.63, 3.8) is 0 Å². The smallest absolute Gasteiger partial charge is 0.274 e. The number of amides is 1. The van der Waals surface area contributed by atoms with E-state index in [2.05, 4.69) is 15.5 Å². The molecule has 1 aromatic heterocycles. The summed E-state index contributed by atoms with van der Waals surface area (Å²) in [6, 6.07) is 21.8. The Morgan fingerprint density at radius 1 is 1.06 bits per heavy atom. The maximum atomic E-state index is 12.6. The molecule has 4 rings (SSSR count). The Morgan fingerprint density at radius 3 is 2.53 bits per heavy atom. The molecule has 0 aliphatic carbocycles. The molecule has 0 atom stereocenters. The summed E-state index contributed by atoms with van der Waals surface area (Å²) in [4.78, 5) is 23.3. The molecule has 172 valence electrons. The van der Waals surface area contributed by atoms with Crippen LogP contribution < -0.4 is 5.32 Å². The first-order valence-electron chi connectivity index (χ1n) is 10.3. The first kappa shape index (κ1) is 23.5. The fourth-order valence-electron chi connectivity index (χ4n) is 3.42. The van der Waals surface area contributed by atoms with Crippen molar-refractivity contribution in [1.29, 1.82) is 0 Å². The summed E-state index contributed by atoms with van der Waals surface area (Å²) in [5, 5.41) is 23.7. The van der Waals surface area contributed by atoms with Crippen LogP contribution in [-0.2, 0) is 11.3 Å². The standard InChI is InChI=1S/C24H20ClN5O3S/c1-16-20(12-7-13-21(16)30(32)33)26-22(31)15-34-24-28-27-23(18-10-5-6-11-19(18)25)29(24)14-17-8-3-2-4-9-17/h2-13H,14-15H2,1H3,(H,26,31). The molecule has 3 aromatic carbocycles. The molecule has 8 nitrogen and oxygen atoms in total. The average Bonchev–Trinajstić information content (AvgIpc) is 3.22. The molecule has 1 heterocycles. The highest BCUT2D eigenvalue weighted by Gasteiger charge is 2.19. The van der Waals surface area contributed by atoms with Gasteiger partial charge in [-0.15, -0.1) is 10.2 Å². The number of thioether (sulfide) groups is 1. The highest BCUT2D eigenvalue weighted by molar-refractivity contribution is 7.99. The molecule has 34 heavy (non-hydrogen) atoms. The first-order valence-corrected chi connectivity index (χ1v) is 11.7. The number of nitro benzene ring substituents is 1. The number of carbonyl (C=O) groups excluding carboxylic acids is 1. The highest BCUT2D eigenvalue weighted by atomic mass is 35.5. The normalized spacial score (nSPS) is 10.8. The van der Waals surface area contributed by atoms with Gasteiger partial charge in [-0.3, -0.25) is 19.5 Å². The largest absolute Gasteiger partial charge is 0.325 e. The fourth-order valence-corrected chi connectivity index (χ4v) is 4.38. The molecule has 0 saturated carbocycles. The number of nitrogens with one attached hydrogen (secondary N) is 1. The van der Waals surface area contributed by atoms with Gasteiger partial charge in [0.2, 0.25) is 5.91 Å². The van der Waals surface area contributed by atoms with Crippen molar-refractivity contribution in [2.45, 2.75) is 18.6 Å². The zero-order valence-corrected chi connectivity index (χ0v) is 19.7. The summed E-state index contributed by atoms with van der Waals surface area (Å²) < 4.78 is 1.92. The quantitative estimate of drug-likeness (QED) is 0.195. The average molecular weight is 494 g/mol. The van der Waals surface area contributed by atoms with E-state index in [1.165, 1.54) is 17.8 Å². The minimum Gasteiger partial charge on any atom is -0.325 e. The molecule has 1 amide bonds. The molecular formula is C24H20ClN5O3S. The molecule has 0 radical (unpaired) electrons. The lowest BCUT2D eigenvalue weighted by molar-refractivity contribution is -0.385. The Bertz CT molecular complexity index is 1340. The van der Waals surface area contributed by atoms with Crippen LogP contribution in [0.1, 0.15) is 11.1 Å². The van der Waals surface area contributed by atoms with Gasteiger partial charge in [-0.05, 0) is 30.7 Å². The van der Waals surface area contributed by atoms with E-state index in [-0.39, 0.29) is 17.3 Å². The maximum Gasteiger partial charge on any atom is 0.274 e. The van der Waals surface area contributed by atoms with Gasteiger partial charge in [0.25, 0.3) is 5.69 Å². The minimum atomic E-state index is -0.470. The maximum absolute atomic E-state index is 12.6. The number of nitrogens with zero attached hydrogens (tertiary/aromatic N) is 4. The lowest BCUT2D eigenvalue weighted by Crippen LogP contribution is -2.16. The van der Waals surface area contributed by atoms with Gasteiger partial charge >= 0.3 is 0 Å². The third-order valence-corrected chi connectivity index (χ3v) is 6.42. The summed E-state index contributed by atoms with van der Waals surface area (Å²) in [5.74, 6) is 0.353. The highest BCUT2D eigenvalue weighted by Crippen LogP contribution is 2.30. The molecule has 0 fully saturated rings. The van der Waals surface area contributed by atoms with Crippen molar-refractivity contribution in [3.05, 3.63) is 99.1 Å². The van der Waals surface area contributed by atoms with E-state index in [0.29, 0.717) is 33.8 Å². The van der Waals surface area contributed by atoms with Crippen molar-refractivity contribution in [1.82, 2.24) is 14.8 Å². The van der Waals surface area contributed by atoms with Crippen LogP contribution in [0.2, 0.25) is 5.02 Å². The second kappa shape index (κ2) is 10.5. The number of aromatic nitrogens is 3. The van der Waals surface area contributed by atoms with Crippen LogP contribution >= 0.6 is 23.4 Å². The molecule has 0 bridgehead atoms. The Morgan fingerprint density at radius 2 is 1.79 bits per heavy atom. The second-order valence-corrected chi connectivity index (χ2v) is 8.75. The number of halogens is 1. The SMILES string of the molecule is Cc1c(NC(=O)CSc2nnc(-c3ccccc3Cl)n2Cc2ccccc2)cccc1[N+](=O)[O-]. The van der Waals surface area contributed by atoms with E-state index in [9.17, 15) is 14.9 Å². The van der Waals surface area contributed by atoms with Crippen molar-refractivity contribution in [3.8, 4) is 11.4 Å². The summed E-state index contributed by atoms with van der Waals surface area (Å²) in [6.45, 7) is 2.11. The predicted molar refractivity (Wildman–Crippen MR) is 133 cm³/mol. The van der Waals surface area contributed by atoms with Crippen molar-refractivity contribution < 1.29 is 9.72 Å². The second-order valence-electron chi connectivity index (χ2n) is 7.40. The number of benzene rings is 3. The topological polar surface area (TPSA) is 103 Å². The zero-order valence-electron chi connectivity index (χ0n) is 18.1. The molecule has 0 unspecified atom stereocenters. The van der Waals surface area contributed by atoms with Crippen LogP contribution in [0.3, 0.4) is 0 Å². The van der Waals surface area contributed by atoms with E-state index in [0.717, 1.165) is 11.1 Å². The summed E-state index contributed by atoms with van der Waals surface area (Å²) in [6.07, 6.45) is 0. The van der Waals surface area contributed by atoms with E-state index in [1.807, 2.05) is 53.1 Å². The third-order valence-electron chi connectivity index (χ3n) is 5.12. The van der Waals surface area contributed by atoms with Crippen LogP contribution in [0, 0.1) is 17.0 Å². The third kappa shape index (κ3) is 5.27. The predicted octanol–water partition coefficient (Wildman–Crippen LogP) is 5.59. The molecule has 10 heteroatoms. The van der Waals surface area contributed by atoms with Gasteiger partial charge in [-0.1, -0.05) is 71.9 Å². The Balaban J connectivity index is 1.56. The molecular weight excluding hydrogens is 474 g/mol. The molecule has 0 aliphatic heterocycles. The van der Waals surface area contributed by atoms with Crippen LogP contribution in [0.15, 0.2) is 78.0 Å². The van der Waals surface area contributed by atoms with E-state index >= 15 is 0 Å². The molecule has 0 saturated heterocycles. The minimum absolute atomic E-state index is 0.0440. The number of rotatable bonds is 8. The number of hydrogen-bond donors (Lipinski definition) is 1. The molecule has 0 spiro atoms. The van der Waals surface area contributed by atoms with E-state index < -0.39 is 4.92 Å². The van der Waals surface area contributed by atoms with Gasteiger partial charge in [-0.2, -0.15) is 0 Å². The van der Waals surface area contributed by atoms with Crippen molar-refractivity contribution in [2.24, 2.45) is 0 Å². The number of nitro groups is 1. The number of carbonyl (C=O) groups is 1. The number of anilines is 1. The van der Waals surface area contributed by atoms with Crippen molar-refractivity contribution >= 4 is 40.6 Å². The Labute approximate surface area is 205 Å². The molecule has 0 aliphatic rings. The summed E-state index contributed by atoms with van der Waals surface area (Å²) in [5.41, 5.74) is 2.56. The first-order chi connectivity index (χ1) is 16.4. The van der Waals surface area contributed by atoms with Gasteiger partial charge in [0.15, 0.2) is 11.0 Å². The lowest BCUT2D eigenvalue weighted by atomic mass is 10.1. The van der Waals surface area contributed by atoms with Crippen LogP contribution in [-0.4, -0.2) is 31.3 Å². The number of hydrogen-bond acceptors (Lipinski definition) is 6. The van der Waals surface area contributed by atoms with Gasteiger partial charge < -0.3 is 5.32 Å². The Hall–Kier alpha value is -3.69. The van der Waals surface area contributed by atoms with E-state index in [1.54, 1.807) is 25.1 Å². The fraction of sp³-hybridized carbons (Fsp3) is 0.125. The molecule has 1 N–H and O–H groups in total. The lowest BCUT2D eigenvalue weighted by Gasteiger charge is -2.12. The zero-order chi connectivity index (χ0) is 24.1. The van der Waals surface area contributed by atoms with Crippen LogP contribution in [0.4, 0.5) is 11.4 Å². The van der Waals surface area contributed by atoms with Crippen LogP contribution in [0.25, 0.3) is 11.4 Å². The van der Waals surface area contributed by atoms with Gasteiger partial charge in [0, 0.05) is 11.6 Å². The summed E-state index contributed by atoms with van der Waals surface area (Å²) >= 11 is 7.64. The molecule has 4 aromatic rings. The summed E-state index contributed by atoms with van der Waals surface area (Å²) in [7, 11) is 0. The van der Waals surface area contributed by atoms with Crippen molar-refractivity contribution in [2.75, 3.05) is 11.1 Å². The Kier molecular flexibility index (Phi) is 7.24.